The fourth-order valence-corrected chi connectivity index (χ4v) is 0.895. The zero-order chi connectivity index (χ0) is 9.68. The van der Waals surface area contributed by atoms with E-state index in [1.165, 1.54) is 6.21 Å². The van der Waals surface area contributed by atoms with E-state index in [1.54, 1.807) is 19.1 Å². The van der Waals surface area contributed by atoms with Crippen LogP contribution in [0.5, 0.6) is 0 Å². The molecule has 0 aromatic rings. The Morgan fingerprint density at radius 2 is 2.62 bits per heavy atom. The smallest absolute Gasteiger partial charge is 0.431 e. The summed E-state index contributed by atoms with van der Waals surface area (Å²) in [6.45, 7) is 2.04. The van der Waals surface area contributed by atoms with Crippen molar-refractivity contribution in [2.45, 2.75) is 13.0 Å². The highest BCUT2D eigenvalue weighted by atomic mass is 16.6. The van der Waals surface area contributed by atoms with Crippen LogP contribution in [0.3, 0.4) is 0 Å². The minimum Gasteiger partial charge on any atom is -0.448 e. The van der Waals surface area contributed by atoms with Crippen molar-refractivity contribution in [2.24, 2.45) is 5.10 Å². The topological polar surface area (TPSA) is 41.9 Å². The summed E-state index contributed by atoms with van der Waals surface area (Å²) in [6.07, 6.45) is 9.56. The van der Waals surface area contributed by atoms with Crippen LogP contribution < -0.4 is 0 Å². The summed E-state index contributed by atoms with van der Waals surface area (Å²) < 4.78 is 4.76. The van der Waals surface area contributed by atoms with Gasteiger partial charge in [-0.3, -0.25) is 0 Å². The third-order valence-electron chi connectivity index (χ3n) is 1.46. The molecule has 1 atom stereocenters. The quantitative estimate of drug-likeness (QED) is 0.562. The lowest BCUT2D eigenvalue weighted by Gasteiger charge is -2.21. The van der Waals surface area contributed by atoms with E-state index in [-0.39, 0.29) is 0 Å². The molecule has 1 aliphatic rings. The highest BCUT2D eigenvalue weighted by Gasteiger charge is 2.21. The van der Waals surface area contributed by atoms with Gasteiger partial charge in [-0.2, -0.15) is 10.1 Å². The second-order valence-electron chi connectivity index (χ2n) is 2.30. The number of hydrogen-bond acceptors (Lipinski definition) is 3. The first kappa shape index (κ1) is 9.33. The Balaban J connectivity index is 2.68. The Morgan fingerprint density at radius 1 is 1.85 bits per heavy atom. The number of hydrazone groups is 1. The van der Waals surface area contributed by atoms with Crippen LogP contribution in [0.15, 0.2) is 17.3 Å². The van der Waals surface area contributed by atoms with Crippen molar-refractivity contribution < 1.29 is 9.53 Å². The summed E-state index contributed by atoms with van der Waals surface area (Å²) in [7, 11) is 0. The molecule has 4 heteroatoms. The van der Waals surface area contributed by atoms with Crippen LogP contribution in [0, 0.1) is 12.3 Å². The van der Waals surface area contributed by atoms with Gasteiger partial charge in [-0.15, -0.1) is 6.42 Å². The third kappa shape index (κ3) is 2.09. The van der Waals surface area contributed by atoms with Crippen molar-refractivity contribution in [2.75, 3.05) is 6.61 Å². The Kier molecular flexibility index (Phi) is 3.09. The molecule has 1 amide bonds. The second-order valence-corrected chi connectivity index (χ2v) is 2.30. The molecule has 0 aliphatic carbocycles. The summed E-state index contributed by atoms with van der Waals surface area (Å²) >= 11 is 0. The number of rotatable bonds is 1. The van der Waals surface area contributed by atoms with Crippen LogP contribution in [0.4, 0.5) is 4.79 Å². The standard InChI is InChI=1S/C9H10N2O2/c1-3-8-6-5-7-10-11(8)9(12)13-4-2/h1,5-8H,4H2,2H3/t8-/m1/s1. The van der Waals surface area contributed by atoms with E-state index in [0.717, 1.165) is 5.01 Å². The Bertz CT molecular complexity index is 288. The average molecular weight is 178 g/mol. The van der Waals surface area contributed by atoms with E-state index in [0.29, 0.717) is 6.61 Å². The Morgan fingerprint density at radius 3 is 3.23 bits per heavy atom. The Labute approximate surface area is 76.9 Å². The maximum atomic E-state index is 11.2. The molecule has 4 nitrogen and oxygen atoms in total. The summed E-state index contributed by atoms with van der Waals surface area (Å²) in [5, 5.41) is 4.93. The van der Waals surface area contributed by atoms with E-state index in [1.807, 2.05) is 0 Å². The normalized spacial score (nSPS) is 19.7. The summed E-state index contributed by atoms with van der Waals surface area (Å²) in [4.78, 5) is 11.2. The van der Waals surface area contributed by atoms with Gasteiger partial charge in [0.15, 0.2) is 0 Å². The molecule has 68 valence electrons. The number of carbonyl (C=O) groups is 1. The minimum atomic E-state index is -0.522. The maximum Gasteiger partial charge on any atom is 0.431 e. The zero-order valence-corrected chi connectivity index (χ0v) is 7.30. The number of ether oxygens (including phenoxy) is 1. The fourth-order valence-electron chi connectivity index (χ4n) is 0.895. The molecule has 0 bridgehead atoms. The molecular formula is C9H10N2O2. The van der Waals surface area contributed by atoms with E-state index in [2.05, 4.69) is 11.0 Å². The number of amides is 1. The number of nitrogens with zero attached hydrogens (tertiary/aromatic N) is 2. The van der Waals surface area contributed by atoms with Gasteiger partial charge in [-0.25, -0.2) is 4.79 Å². The van der Waals surface area contributed by atoms with Crippen molar-refractivity contribution in [1.82, 2.24) is 5.01 Å². The first-order valence-corrected chi connectivity index (χ1v) is 3.92. The maximum absolute atomic E-state index is 11.2. The van der Waals surface area contributed by atoms with Gasteiger partial charge in [-0.05, 0) is 19.1 Å². The van der Waals surface area contributed by atoms with Gasteiger partial charge in [0.25, 0.3) is 0 Å². The lowest BCUT2D eigenvalue weighted by atomic mass is 10.2. The molecule has 1 heterocycles. The molecule has 0 fully saturated rings. The van der Waals surface area contributed by atoms with Gasteiger partial charge < -0.3 is 4.74 Å². The number of hydrogen-bond donors (Lipinski definition) is 0. The molecule has 13 heavy (non-hydrogen) atoms. The predicted octanol–water partition coefficient (Wildman–Crippen LogP) is 1.00. The molecule has 0 saturated carbocycles. The fraction of sp³-hybridized carbons (Fsp3) is 0.333. The first-order valence-electron chi connectivity index (χ1n) is 3.92. The van der Waals surface area contributed by atoms with Crippen LogP contribution in [0.25, 0.3) is 0 Å². The van der Waals surface area contributed by atoms with Crippen molar-refractivity contribution >= 4 is 12.3 Å². The molecule has 1 aliphatic heterocycles. The van der Waals surface area contributed by atoms with Gasteiger partial charge in [0.1, 0.15) is 6.04 Å². The molecule has 1 rings (SSSR count). The lowest BCUT2D eigenvalue weighted by Crippen LogP contribution is -2.36. The van der Waals surface area contributed by atoms with Crippen LogP contribution >= 0.6 is 0 Å². The van der Waals surface area contributed by atoms with Crippen LogP contribution in [0.1, 0.15) is 6.92 Å². The highest BCUT2D eigenvalue weighted by molar-refractivity contribution is 5.77. The number of carbonyl (C=O) groups excluding carboxylic acids is 1. The third-order valence-corrected chi connectivity index (χ3v) is 1.46. The highest BCUT2D eigenvalue weighted by Crippen LogP contribution is 2.07. The first-order chi connectivity index (χ1) is 6.29. The zero-order valence-electron chi connectivity index (χ0n) is 7.30. The minimum absolute atomic E-state index is 0.311. The molecule has 0 aromatic heterocycles. The number of allylic oxidation sites excluding steroid dienone is 1. The summed E-state index contributed by atoms with van der Waals surface area (Å²) in [5.41, 5.74) is 0. The lowest BCUT2D eigenvalue weighted by molar-refractivity contribution is 0.106. The van der Waals surface area contributed by atoms with E-state index in [4.69, 9.17) is 11.2 Å². The van der Waals surface area contributed by atoms with Gasteiger partial charge in [-0.1, -0.05) is 5.92 Å². The van der Waals surface area contributed by atoms with Crippen LogP contribution in [-0.4, -0.2) is 30.0 Å². The number of terminal acetylenes is 1. The van der Waals surface area contributed by atoms with E-state index < -0.39 is 12.1 Å². The SMILES string of the molecule is C#C[C@@H]1C=CC=NN1C(=O)OCC. The average Bonchev–Trinajstić information content (AvgIpc) is 2.18. The van der Waals surface area contributed by atoms with Crippen molar-refractivity contribution in [3.8, 4) is 12.3 Å². The van der Waals surface area contributed by atoms with Crippen molar-refractivity contribution in [3.63, 3.8) is 0 Å². The van der Waals surface area contributed by atoms with E-state index in [9.17, 15) is 4.79 Å². The second kappa shape index (κ2) is 4.31. The summed E-state index contributed by atoms with van der Waals surface area (Å²) in [5.74, 6) is 2.42. The molecule has 0 radical (unpaired) electrons. The monoisotopic (exact) mass is 178 g/mol. The molecule has 0 unspecified atom stereocenters. The van der Waals surface area contributed by atoms with Crippen LogP contribution in [-0.2, 0) is 4.74 Å². The van der Waals surface area contributed by atoms with Gasteiger partial charge in [0.2, 0.25) is 0 Å². The molecule has 0 spiro atoms. The summed E-state index contributed by atoms with van der Waals surface area (Å²) in [6, 6.07) is -0.441. The molecule has 0 aromatic carbocycles. The largest absolute Gasteiger partial charge is 0.448 e. The Hall–Kier alpha value is -1.76. The van der Waals surface area contributed by atoms with Crippen molar-refractivity contribution in [1.29, 1.82) is 0 Å². The van der Waals surface area contributed by atoms with Gasteiger partial charge in [0, 0.05) is 6.21 Å². The van der Waals surface area contributed by atoms with Gasteiger partial charge >= 0.3 is 6.09 Å². The predicted molar refractivity (Wildman–Crippen MR) is 49.1 cm³/mol. The molecular weight excluding hydrogens is 168 g/mol. The van der Waals surface area contributed by atoms with Gasteiger partial charge in [0.05, 0.1) is 6.61 Å². The van der Waals surface area contributed by atoms with E-state index >= 15 is 0 Å². The molecule has 0 N–H and O–H groups in total. The molecule has 0 saturated heterocycles. The van der Waals surface area contributed by atoms with Crippen LogP contribution in [0.2, 0.25) is 0 Å². The van der Waals surface area contributed by atoms with Crippen molar-refractivity contribution in [3.05, 3.63) is 12.2 Å².